The SMILES string of the molecule is Oc1ccsc1-c1nc(-c2ccccc2Cl)no1. The van der Waals surface area contributed by atoms with Crippen molar-refractivity contribution >= 4 is 22.9 Å². The van der Waals surface area contributed by atoms with E-state index in [2.05, 4.69) is 10.1 Å². The van der Waals surface area contributed by atoms with Crippen LogP contribution in [0.15, 0.2) is 40.2 Å². The number of hydrogen-bond acceptors (Lipinski definition) is 5. The zero-order valence-corrected chi connectivity index (χ0v) is 10.6. The Balaban J connectivity index is 2.05. The molecular formula is C12H7ClN2O2S. The molecule has 0 atom stereocenters. The van der Waals surface area contributed by atoms with Crippen LogP contribution in [-0.2, 0) is 0 Å². The quantitative estimate of drug-likeness (QED) is 0.774. The molecule has 0 amide bonds. The summed E-state index contributed by atoms with van der Waals surface area (Å²) in [7, 11) is 0. The minimum Gasteiger partial charge on any atom is -0.506 e. The second-order valence-electron chi connectivity index (χ2n) is 3.54. The van der Waals surface area contributed by atoms with Gasteiger partial charge < -0.3 is 9.63 Å². The van der Waals surface area contributed by atoms with E-state index in [-0.39, 0.29) is 11.6 Å². The summed E-state index contributed by atoms with van der Waals surface area (Å²) in [6, 6.07) is 8.83. The van der Waals surface area contributed by atoms with Crippen molar-refractivity contribution < 1.29 is 9.63 Å². The van der Waals surface area contributed by atoms with Crippen molar-refractivity contribution in [2.75, 3.05) is 0 Å². The number of thiophene rings is 1. The summed E-state index contributed by atoms with van der Waals surface area (Å²) in [5, 5.41) is 15.8. The van der Waals surface area contributed by atoms with Gasteiger partial charge in [0.05, 0.1) is 5.02 Å². The fraction of sp³-hybridized carbons (Fsp3) is 0. The molecule has 0 saturated heterocycles. The standard InChI is InChI=1S/C12H7ClN2O2S/c13-8-4-2-1-3-7(8)11-14-12(17-15-11)10-9(16)5-6-18-10/h1-6,16H. The van der Waals surface area contributed by atoms with Gasteiger partial charge in [-0.1, -0.05) is 28.9 Å². The predicted octanol–water partition coefficient (Wildman–Crippen LogP) is 3.82. The maximum Gasteiger partial charge on any atom is 0.272 e. The van der Waals surface area contributed by atoms with E-state index in [1.54, 1.807) is 17.5 Å². The first-order valence-electron chi connectivity index (χ1n) is 5.11. The Hall–Kier alpha value is -1.85. The highest BCUT2D eigenvalue weighted by Gasteiger charge is 2.16. The van der Waals surface area contributed by atoms with Crippen molar-refractivity contribution in [3.63, 3.8) is 0 Å². The topological polar surface area (TPSA) is 59.2 Å². The maximum atomic E-state index is 9.59. The van der Waals surface area contributed by atoms with Crippen LogP contribution < -0.4 is 0 Å². The Morgan fingerprint density at radius 3 is 2.78 bits per heavy atom. The molecular weight excluding hydrogens is 272 g/mol. The largest absolute Gasteiger partial charge is 0.506 e. The Bertz CT molecular complexity index is 693. The van der Waals surface area contributed by atoms with E-state index in [1.807, 2.05) is 18.2 Å². The van der Waals surface area contributed by atoms with Gasteiger partial charge in [0.1, 0.15) is 10.6 Å². The van der Waals surface area contributed by atoms with Gasteiger partial charge in [0.15, 0.2) is 0 Å². The number of halogens is 1. The summed E-state index contributed by atoms with van der Waals surface area (Å²) < 4.78 is 5.13. The van der Waals surface area contributed by atoms with E-state index >= 15 is 0 Å². The van der Waals surface area contributed by atoms with Crippen molar-refractivity contribution in [1.82, 2.24) is 10.1 Å². The molecule has 2 aromatic heterocycles. The van der Waals surface area contributed by atoms with E-state index in [0.29, 0.717) is 21.3 Å². The van der Waals surface area contributed by atoms with Gasteiger partial charge in [0, 0.05) is 5.56 Å². The monoisotopic (exact) mass is 278 g/mol. The van der Waals surface area contributed by atoms with Crippen molar-refractivity contribution in [2.24, 2.45) is 0 Å². The molecule has 0 aliphatic heterocycles. The van der Waals surface area contributed by atoms with E-state index < -0.39 is 0 Å². The second kappa shape index (κ2) is 4.44. The lowest BCUT2D eigenvalue weighted by molar-refractivity contribution is 0.427. The zero-order chi connectivity index (χ0) is 12.5. The fourth-order valence-corrected chi connectivity index (χ4v) is 2.46. The molecule has 0 saturated carbocycles. The normalized spacial score (nSPS) is 10.7. The summed E-state index contributed by atoms with van der Waals surface area (Å²) in [6.07, 6.45) is 0. The first kappa shape index (κ1) is 11.3. The number of aromatic nitrogens is 2. The number of hydrogen-bond donors (Lipinski definition) is 1. The lowest BCUT2D eigenvalue weighted by Gasteiger charge is -1.95. The summed E-state index contributed by atoms with van der Waals surface area (Å²) in [4.78, 5) is 4.79. The average molecular weight is 279 g/mol. The van der Waals surface area contributed by atoms with Gasteiger partial charge in [0.25, 0.3) is 5.89 Å². The van der Waals surface area contributed by atoms with Crippen LogP contribution >= 0.6 is 22.9 Å². The van der Waals surface area contributed by atoms with E-state index in [1.165, 1.54) is 11.3 Å². The van der Waals surface area contributed by atoms with Crippen LogP contribution in [0.25, 0.3) is 22.2 Å². The van der Waals surface area contributed by atoms with Crippen LogP contribution in [0.4, 0.5) is 0 Å². The van der Waals surface area contributed by atoms with Crippen LogP contribution in [-0.4, -0.2) is 15.2 Å². The zero-order valence-electron chi connectivity index (χ0n) is 9.00. The van der Waals surface area contributed by atoms with E-state index in [0.717, 1.165) is 0 Å². The molecule has 0 unspecified atom stereocenters. The van der Waals surface area contributed by atoms with Gasteiger partial charge >= 0.3 is 0 Å². The minimum atomic E-state index is 0.134. The third-order valence-corrected chi connectivity index (χ3v) is 3.60. The van der Waals surface area contributed by atoms with Crippen LogP contribution in [0.3, 0.4) is 0 Å². The number of nitrogens with zero attached hydrogens (tertiary/aromatic N) is 2. The predicted molar refractivity (Wildman–Crippen MR) is 69.7 cm³/mol. The molecule has 0 spiro atoms. The third kappa shape index (κ3) is 1.87. The van der Waals surface area contributed by atoms with Gasteiger partial charge in [-0.3, -0.25) is 0 Å². The minimum absolute atomic E-state index is 0.134. The lowest BCUT2D eigenvalue weighted by Crippen LogP contribution is -1.81. The highest BCUT2D eigenvalue weighted by molar-refractivity contribution is 7.13. The van der Waals surface area contributed by atoms with Crippen LogP contribution in [0.1, 0.15) is 0 Å². The summed E-state index contributed by atoms with van der Waals surface area (Å²) in [6.45, 7) is 0. The molecule has 0 aliphatic rings. The highest BCUT2D eigenvalue weighted by atomic mass is 35.5. The van der Waals surface area contributed by atoms with Gasteiger partial charge in [0.2, 0.25) is 5.82 Å². The molecule has 3 aromatic rings. The van der Waals surface area contributed by atoms with Gasteiger partial charge in [-0.2, -0.15) is 4.98 Å². The summed E-state index contributed by atoms with van der Waals surface area (Å²) in [5.41, 5.74) is 0.699. The van der Waals surface area contributed by atoms with Gasteiger partial charge in [-0.25, -0.2) is 0 Å². The molecule has 1 N–H and O–H groups in total. The Kier molecular flexibility index (Phi) is 2.77. The molecule has 90 valence electrons. The van der Waals surface area contributed by atoms with Crippen LogP contribution in [0.5, 0.6) is 5.75 Å². The smallest absolute Gasteiger partial charge is 0.272 e. The van der Waals surface area contributed by atoms with Gasteiger partial charge in [-0.05, 0) is 23.6 Å². The average Bonchev–Trinajstić information content (AvgIpc) is 2.98. The van der Waals surface area contributed by atoms with Crippen LogP contribution in [0.2, 0.25) is 5.02 Å². The first-order chi connectivity index (χ1) is 8.75. The Morgan fingerprint density at radius 1 is 1.22 bits per heavy atom. The van der Waals surface area contributed by atoms with Crippen molar-refractivity contribution in [3.8, 4) is 27.9 Å². The van der Waals surface area contributed by atoms with Gasteiger partial charge in [-0.15, -0.1) is 11.3 Å². The number of benzene rings is 1. The molecule has 6 heteroatoms. The molecule has 0 bridgehead atoms. The second-order valence-corrected chi connectivity index (χ2v) is 4.86. The first-order valence-corrected chi connectivity index (χ1v) is 6.37. The fourth-order valence-electron chi connectivity index (χ4n) is 1.53. The lowest BCUT2D eigenvalue weighted by atomic mass is 10.2. The summed E-state index contributed by atoms with van der Waals surface area (Å²) in [5.74, 6) is 0.829. The molecule has 0 aliphatic carbocycles. The summed E-state index contributed by atoms with van der Waals surface area (Å²) >= 11 is 7.39. The molecule has 3 rings (SSSR count). The Labute approximate surface area is 111 Å². The molecule has 1 aromatic carbocycles. The van der Waals surface area contributed by atoms with Crippen LogP contribution in [0, 0.1) is 0 Å². The third-order valence-electron chi connectivity index (χ3n) is 2.38. The number of aromatic hydroxyl groups is 1. The van der Waals surface area contributed by atoms with E-state index in [4.69, 9.17) is 16.1 Å². The molecule has 2 heterocycles. The van der Waals surface area contributed by atoms with Crippen molar-refractivity contribution in [1.29, 1.82) is 0 Å². The Morgan fingerprint density at radius 2 is 2.06 bits per heavy atom. The molecule has 0 fully saturated rings. The highest BCUT2D eigenvalue weighted by Crippen LogP contribution is 2.35. The molecule has 18 heavy (non-hydrogen) atoms. The molecule has 0 radical (unpaired) electrons. The van der Waals surface area contributed by atoms with E-state index in [9.17, 15) is 5.11 Å². The molecule has 4 nitrogen and oxygen atoms in total. The van der Waals surface area contributed by atoms with Crippen molar-refractivity contribution in [3.05, 3.63) is 40.7 Å². The van der Waals surface area contributed by atoms with Crippen molar-refractivity contribution in [2.45, 2.75) is 0 Å². The number of rotatable bonds is 2. The maximum absolute atomic E-state index is 9.59.